The number of carbonyl (C=O) groups excluding carboxylic acids is 1. The number of fused-ring (bicyclic) bond motifs is 1. The van der Waals surface area contributed by atoms with Gasteiger partial charge in [0.1, 0.15) is 0 Å². The van der Waals surface area contributed by atoms with E-state index in [1.807, 2.05) is 25.1 Å². The molecular formula is C18H14O3. The molecule has 104 valence electrons. The normalized spacial score (nSPS) is 15.3. The number of rotatable bonds is 2. The van der Waals surface area contributed by atoms with E-state index in [1.54, 1.807) is 30.3 Å². The molecule has 1 N–H and O–H groups in total. The minimum Gasteiger partial charge on any atom is -0.478 e. The molecule has 0 radical (unpaired) electrons. The summed E-state index contributed by atoms with van der Waals surface area (Å²) in [5.41, 5.74) is 4.17. The van der Waals surface area contributed by atoms with Crippen LogP contribution in [-0.4, -0.2) is 16.9 Å². The fourth-order valence-corrected chi connectivity index (χ4v) is 2.77. The van der Waals surface area contributed by atoms with Crippen molar-refractivity contribution in [3.8, 4) is 0 Å². The van der Waals surface area contributed by atoms with E-state index in [0.717, 1.165) is 16.7 Å². The lowest BCUT2D eigenvalue weighted by Crippen LogP contribution is -2.01. The van der Waals surface area contributed by atoms with E-state index in [9.17, 15) is 14.7 Å². The van der Waals surface area contributed by atoms with Gasteiger partial charge in [0.05, 0.1) is 5.56 Å². The molecule has 0 amide bonds. The summed E-state index contributed by atoms with van der Waals surface area (Å²) in [6, 6.07) is 12.5. The maximum Gasteiger partial charge on any atom is 0.336 e. The van der Waals surface area contributed by atoms with Crippen LogP contribution in [0.2, 0.25) is 0 Å². The van der Waals surface area contributed by atoms with Crippen LogP contribution in [0.5, 0.6) is 0 Å². The molecule has 0 atom stereocenters. The molecule has 1 aliphatic carbocycles. The van der Waals surface area contributed by atoms with Gasteiger partial charge in [-0.2, -0.15) is 0 Å². The minimum atomic E-state index is -0.985. The Labute approximate surface area is 122 Å². The van der Waals surface area contributed by atoms with E-state index < -0.39 is 5.97 Å². The Kier molecular flexibility index (Phi) is 3.18. The molecule has 0 spiro atoms. The molecule has 0 fully saturated rings. The van der Waals surface area contributed by atoms with Crippen LogP contribution in [0.15, 0.2) is 48.0 Å². The molecule has 0 aromatic heterocycles. The molecule has 0 saturated heterocycles. The van der Waals surface area contributed by atoms with Crippen molar-refractivity contribution < 1.29 is 14.7 Å². The number of aromatic carboxylic acids is 1. The SMILES string of the molecule is Cc1cccc2c1C(=O)/C(=C/c1ccccc1C(=O)O)C2. The van der Waals surface area contributed by atoms with Gasteiger partial charge in [0.2, 0.25) is 0 Å². The zero-order valence-electron chi connectivity index (χ0n) is 11.6. The predicted octanol–water partition coefficient (Wildman–Crippen LogP) is 3.52. The van der Waals surface area contributed by atoms with Gasteiger partial charge in [-0.05, 0) is 35.8 Å². The molecule has 0 unspecified atom stereocenters. The summed E-state index contributed by atoms with van der Waals surface area (Å²) in [4.78, 5) is 23.7. The lowest BCUT2D eigenvalue weighted by Gasteiger charge is -2.02. The number of hydrogen-bond acceptors (Lipinski definition) is 2. The molecule has 0 saturated carbocycles. The van der Waals surface area contributed by atoms with Crippen LogP contribution >= 0.6 is 0 Å². The summed E-state index contributed by atoms with van der Waals surface area (Å²) in [6.07, 6.45) is 2.26. The lowest BCUT2D eigenvalue weighted by molar-refractivity contribution is 0.0696. The van der Waals surface area contributed by atoms with Gasteiger partial charge in [-0.25, -0.2) is 4.79 Å². The van der Waals surface area contributed by atoms with Crippen LogP contribution in [0.4, 0.5) is 0 Å². The standard InChI is InChI=1S/C18H14O3/c1-11-5-4-7-13-10-14(17(19)16(11)13)9-12-6-2-3-8-15(12)18(20)21/h2-9H,10H2,1H3,(H,20,21)/b14-9+. The fourth-order valence-electron chi connectivity index (χ4n) is 2.77. The Morgan fingerprint density at radius 1 is 1.14 bits per heavy atom. The van der Waals surface area contributed by atoms with Crippen LogP contribution in [-0.2, 0) is 6.42 Å². The highest BCUT2D eigenvalue weighted by molar-refractivity contribution is 6.16. The Morgan fingerprint density at radius 3 is 2.62 bits per heavy atom. The highest BCUT2D eigenvalue weighted by Gasteiger charge is 2.26. The van der Waals surface area contributed by atoms with E-state index in [1.165, 1.54) is 0 Å². The second kappa shape index (κ2) is 5.02. The van der Waals surface area contributed by atoms with Gasteiger partial charge in [-0.1, -0.05) is 36.4 Å². The number of hydrogen-bond donors (Lipinski definition) is 1. The van der Waals surface area contributed by atoms with Crippen molar-refractivity contribution >= 4 is 17.8 Å². The molecule has 3 rings (SSSR count). The zero-order valence-corrected chi connectivity index (χ0v) is 11.6. The van der Waals surface area contributed by atoms with Crippen molar-refractivity contribution in [1.82, 2.24) is 0 Å². The first-order valence-corrected chi connectivity index (χ1v) is 6.74. The average molecular weight is 278 g/mol. The van der Waals surface area contributed by atoms with Crippen LogP contribution in [0, 0.1) is 6.92 Å². The van der Waals surface area contributed by atoms with E-state index in [4.69, 9.17) is 0 Å². The molecule has 1 aliphatic rings. The quantitative estimate of drug-likeness (QED) is 0.855. The summed E-state index contributed by atoms with van der Waals surface area (Å²) >= 11 is 0. The summed E-state index contributed by atoms with van der Waals surface area (Å²) in [7, 11) is 0. The Morgan fingerprint density at radius 2 is 1.90 bits per heavy atom. The van der Waals surface area contributed by atoms with E-state index in [0.29, 0.717) is 17.6 Å². The van der Waals surface area contributed by atoms with Crippen molar-refractivity contribution in [2.75, 3.05) is 0 Å². The van der Waals surface area contributed by atoms with Gasteiger partial charge in [0.25, 0.3) is 0 Å². The number of Topliss-reactive ketones (excluding diaryl/α,β-unsaturated/α-hetero) is 1. The molecule has 21 heavy (non-hydrogen) atoms. The van der Waals surface area contributed by atoms with Gasteiger partial charge in [0, 0.05) is 17.6 Å². The molecule has 3 heteroatoms. The third kappa shape index (κ3) is 2.27. The van der Waals surface area contributed by atoms with Crippen molar-refractivity contribution in [3.63, 3.8) is 0 Å². The largest absolute Gasteiger partial charge is 0.478 e. The Hall–Kier alpha value is -2.68. The summed E-state index contributed by atoms with van der Waals surface area (Å²) in [6.45, 7) is 1.92. The van der Waals surface area contributed by atoms with Crippen LogP contribution < -0.4 is 0 Å². The van der Waals surface area contributed by atoms with Gasteiger partial charge in [-0.3, -0.25) is 4.79 Å². The molecule has 3 nitrogen and oxygen atoms in total. The van der Waals surface area contributed by atoms with Crippen molar-refractivity contribution in [1.29, 1.82) is 0 Å². The molecule has 0 bridgehead atoms. The highest BCUT2D eigenvalue weighted by Crippen LogP contribution is 2.30. The van der Waals surface area contributed by atoms with Crippen LogP contribution in [0.3, 0.4) is 0 Å². The number of carboxylic acid groups (broad SMARTS) is 1. The third-order valence-corrected chi connectivity index (χ3v) is 3.78. The van der Waals surface area contributed by atoms with Gasteiger partial charge in [-0.15, -0.1) is 0 Å². The minimum absolute atomic E-state index is 0.00305. The first-order valence-electron chi connectivity index (χ1n) is 6.74. The third-order valence-electron chi connectivity index (χ3n) is 3.78. The maximum absolute atomic E-state index is 12.5. The van der Waals surface area contributed by atoms with Crippen molar-refractivity contribution in [3.05, 3.63) is 75.9 Å². The second-order valence-corrected chi connectivity index (χ2v) is 5.18. The predicted molar refractivity (Wildman–Crippen MR) is 80.6 cm³/mol. The summed E-state index contributed by atoms with van der Waals surface area (Å²) in [5.74, 6) is -0.982. The number of ketones is 1. The number of carboxylic acids is 1. The van der Waals surface area contributed by atoms with E-state index in [2.05, 4.69) is 0 Å². The van der Waals surface area contributed by atoms with E-state index >= 15 is 0 Å². The Balaban J connectivity index is 2.07. The second-order valence-electron chi connectivity index (χ2n) is 5.18. The monoisotopic (exact) mass is 278 g/mol. The van der Waals surface area contributed by atoms with Crippen LogP contribution in [0.1, 0.15) is 37.4 Å². The van der Waals surface area contributed by atoms with Crippen molar-refractivity contribution in [2.45, 2.75) is 13.3 Å². The fraction of sp³-hybridized carbons (Fsp3) is 0.111. The number of benzene rings is 2. The molecule has 0 heterocycles. The summed E-state index contributed by atoms with van der Waals surface area (Å²) < 4.78 is 0. The molecule has 2 aromatic rings. The Bertz CT molecular complexity index is 785. The van der Waals surface area contributed by atoms with Gasteiger partial charge < -0.3 is 5.11 Å². The van der Waals surface area contributed by atoms with Crippen LogP contribution in [0.25, 0.3) is 6.08 Å². The maximum atomic E-state index is 12.5. The number of carbonyl (C=O) groups is 2. The van der Waals surface area contributed by atoms with E-state index in [-0.39, 0.29) is 11.3 Å². The summed E-state index contributed by atoms with van der Waals surface area (Å²) in [5, 5.41) is 9.21. The number of aryl methyl sites for hydroxylation is 1. The zero-order chi connectivity index (χ0) is 15.0. The first kappa shape index (κ1) is 13.3. The molecule has 0 aliphatic heterocycles. The lowest BCUT2D eigenvalue weighted by atomic mass is 10.0. The first-order chi connectivity index (χ1) is 10.1. The smallest absolute Gasteiger partial charge is 0.336 e. The number of allylic oxidation sites excluding steroid dienone is 1. The average Bonchev–Trinajstić information content (AvgIpc) is 2.77. The highest BCUT2D eigenvalue weighted by atomic mass is 16.4. The van der Waals surface area contributed by atoms with Gasteiger partial charge >= 0.3 is 5.97 Å². The molecular weight excluding hydrogens is 264 g/mol. The van der Waals surface area contributed by atoms with Gasteiger partial charge in [0.15, 0.2) is 5.78 Å². The van der Waals surface area contributed by atoms with Crippen molar-refractivity contribution in [2.24, 2.45) is 0 Å². The molecule has 2 aromatic carbocycles. The topological polar surface area (TPSA) is 54.4 Å².